The number of aliphatic hydroxyl groups is 1. The Bertz CT molecular complexity index is 1270. The molecular weight excluding hydrogens is 467 g/mol. The molecule has 9 nitrogen and oxygen atoms in total. The molecule has 0 fully saturated rings. The van der Waals surface area contributed by atoms with Gasteiger partial charge in [0, 0.05) is 23.9 Å². The Morgan fingerprint density at radius 1 is 1.03 bits per heavy atom. The fourth-order valence-corrected chi connectivity index (χ4v) is 4.11. The van der Waals surface area contributed by atoms with Gasteiger partial charge in [-0.05, 0) is 60.7 Å². The number of carbonyl (C=O) groups excluding carboxylic acids is 1. The van der Waals surface area contributed by atoms with Crippen LogP contribution in [0.5, 0.6) is 17.2 Å². The lowest BCUT2D eigenvalue weighted by Gasteiger charge is -2.14. The molecule has 0 aromatic heterocycles. The number of nitrogens with one attached hydrogen (secondary N) is 2. The molecule has 1 unspecified atom stereocenters. The molecule has 1 aliphatic rings. The van der Waals surface area contributed by atoms with Crippen molar-refractivity contribution in [3.63, 3.8) is 0 Å². The summed E-state index contributed by atoms with van der Waals surface area (Å²) in [5.41, 5.74) is 0.421. The Kier molecular flexibility index (Phi) is 6.85. The highest BCUT2D eigenvalue weighted by molar-refractivity contribution is 7.92. The van der Waals surface area contributed by atoms with Gasteiger partial charge in [-0.1, -0.05) is 0 Å². The van der Waals surface area contributed by atoms with Crippen LogP contribution in [0, 0.1) is 5.82 Å². The summed E-state index contributed by atoms with van der Waals surface area (Å²) in [6, 6.07) is 15.2. The zero-order chi connectivity index (χ0) is 24.1. The molecule has 4 rings (SSSR count). The third kappa shape index (κ3) is 5.74. The lowest BCUT2D eigenvalue weighted by Crippen LogP contribution is -2.35. The maximum atomic E-state index is 13.0. The Labute approximate surface area is 195 Å². The van der Waals surface area contributed by atoms with E-state index in [2.05, 4.69) is 10.0 Å². The summed E-state index contributed by atoms with van der Waals surface area (Å²) in [6.45, 7) is 0.00678. The Hall–Kier alpha value is -3.83. The summed E-state index contributed by atoms with van der Waals surface area (Å²) < 4.78 is 56.2. The number of hydrogen-bond donors (Lipinski definition) is 3. The van der Waals surface area contributed by atoms with Crippen molar-refractivity contribution < 1.29 is 36.9 Å². The van der Waals surface area contributed by atoms with E-state index in [0.717, 1.165) is 12.1 Å². The van der Waals surface area contributed by atoms with Crippen molar-refractivity contribution in [2.24, 2.45) is 0 Å². The number of ether oxygens (including phenoxy) is 3. The Balaban J connectivity index is 1.27. The average Bonchev–Trinajstić information content (AvgIpc) is 3.30. The molecule has 1 amide bonds. The van der Waals surface area contributed by atoms with E-state index < -0.39 is 27.9 Å². The quantitative estimate of drug-likeness (QED) is 0.423. The van der Waals surface area contributed by atoms with Crippen molar-refractivity contribution in [2.75, 3.05) is 24.7 Å². The second-order valence-corrected chi connectivity index (χ2v) is 9.01. The molecule has 3 aromatic rings. The molecule has 3 N–H and O–H groups in total. The summed E-state index contributed by atoms with van der Waals surface area (Å²) in [6.07, 6.45) is -0.978. The van der Waals surface area contributed by atoms with E-state index in [1.807, 2.05) is 0 Å². The van der Waals surface area contributed by atoms with Gasteiger partial charge in [0.15, 0.2) is 11.5 Å². The second-order valence-electron chi connectivity index (χ2n) is 7.33. The molecule has 0 saturated heterocycles. The van der Waals surface area contributed by atoms with Crippen LogP contribution in [0.4, 0.5) is 10.1 Å². The van der Waals surface area contributed by atoms with Crippen LogP contribution >= 0.6 is 0 Å². The minimum atomic E-state index is -3.91. The van der Waals surface area contributed by atoms with E-state index in [1.165, 1.54) is 36.4 Å². The van der Waals surface area contributed by atoms with Gasteiger partial charge in [0.2, 0.25) is 6.79 Å². The van der Waals surface area contributed by atoms with Gasteiger partial charge in [-0.3, -0.25) is 9.52 Å². The molecule has 1 atom stereocenters. The van der Waals surface area contributed by atoms with E-state index in [0.29, 0.717) is 17.2 Å². The third-order valence-electron chi connectivity index (χ3n) is 4.81. The predicted molar refractivity (Wildman–Crippen MR) is 120 cm³/mol. The van der Waals surface area contributed by atoms with Crippen molar-refractivity contribution in [3.05, 3.63) is 78.1 Å². The highest BCUT2D eigenvalue weighted by Crippen LogP contribution is 2.35. The number of halogens is 1. The molecule has 0 radical (unpaired) electrons. The number of sulfonamides is 1. The molecule has 11 heteroatoms. The van der Waals surface area contributed by atoms with Gasteiger partial charge < -0.3 is 24.6 Å². The minimum Gasteiger partial charge on any atom is -0.491 e. The van der Waals surface area contributed by atoms with Crippen LogP contribution in [0.2, 0.25) is 0 Å². The molecule has 3 aromatic carbocycles. The van der Waals surface area contributed by atoms with Crippen LogP contribution in [-0.4, -0.2) is 45.5 Å². The van der Waals surface area contributed by atoms with Gasteiger partial charge in [0.25, 0.3) is 15.9 Å². The van der Waals surface area contributed by atoms with Crippen LogP contribution in [-0.2, 0) is 10.0 Å². The molecular formula is C23H21FN2O7S. The number of fused-ring (bicyclic) bond motifs is 1. The summed E-state index contributed by atoms with van der Waals surface area (Å²) in [4.78, 5) is 12.3. The molecule has 1 aliphatic heterocycles. The monoisotopic (exact) mass is 488 g/mol. The predicted octanol–water partition coefficient (Wildman–Crippen LogP) is 2.52. The number of rotatable bonds is 9. The highest BCUT2D eigenvalue weighted by Gasteiger charge is 2.17. The number of carbonyl (C=O) groups is 1. The van der Waals surface area contributed by atoms with E-state index in [-0.39, 0.29) is 36.1 Å². The van der Waals surface area contributed by atoms with Crippen molar-refractivity contribution in [3.8, 4) is 17.2 Å². The topological polar surface area (TPSA) is 123 Å². The van der Waals surface area contributed by atoms with E-state index in [9.17, 15) is 22.7 Å². The lowest BCUT2D eigenvalue weighted by molar-refractivity contribution is 0.0843. The van der Waals surface area contributed by atoms with Gasteiger partial charge in [-0.2, -0.15) is 0 Å². The van der Waals surface area contributed by atoms with Gasteiger partial charge >= 0.3 is 0 Å². The fourth-order valence-electron chi connectivity index (χ4n) is 3.05. The summed E-state index contributed by atoms with van der Waals surface area (Å²) in [7, 11) is -3.91. The van der Waals surface area contributed by atoms with Crippen LogP contribution < -0.4 is 24.2 Å². The van der Waals surface area contributed by atoms with Gasteiger partial charge in [-0.15, -0.1) is 0 Å². The smallest absolute Gasteiger partial charge is 0.261 e. The molecule has 0 saturated carbocycles. The largest absolute Gasteiger partial charge is 0.491 e. The van der Waals surface area contributed by atoms with Crippen molar-refractivity contribution >= 4 is 21.6 Å². The minimum absolute atomic E-state index is 0.0633. The zero-order valence-corrected chi connectivity index (χ0v) is 18.5. The Morgan fingerprint density at radius 2 is 1.74 bits per heavy atom. The molecule has 0 bridgehead atoms. The standard InChI is InChI=1S/C23H21FN2O7S/c24-16-3-5-17(6-4-16)26-34(29,30)20-8-1-15(2-9-20)23(28)25-12-18(27)13-31-19-7-10-21-22(11-19)33-14-32-21/h1-11,18,26-27H,12-14H2,(H,25,28). The summed E-state index contributed by atoms with van der Waals surface area (Å²) in [5, 5.41) is 12.7. The van der Waals surface area contributed by atoms with Crippen molar-refractivity contribution in [1.82, 2.24) is 5.32 Å². The molecule has 178 valence electrons. The first-order valence-electron chi connectivity index (χ1n) is 10.2. The van der Waals surface area contributed by atoms with Crippen molar-refractivity contribution in [1.29, 1.82) is 0 Å². The molecule has 1 heterocycles. The first-order valence-corrected chi connectivity index (χ1v) is 11.7. The Morgan fingerprint density at radius 3 is 2.47 bits per heavy atom. The molecule has 0 aliphatic carbocycles. The summed E-state index contributed by atoms with van der Waals surface area (Å²) in [5.74, 6) is 0.685. The normalized spacial score (nSPS) is 13.2. The van der Waals surface area contributed by atoms with Crippen LogP contribution in [0.15, 0.2) is 71.6 Å². The lowest BCUT2D eigenvalue weighted by atomic mass is 10.2. The van der Waals surface area contributed by atoms with Crippen LogP contribution in [0.1, 0.15) is 10.4 Å². The van der Waals surface area contributed by atoms with Gasteiger partial charge in [0.05, 0.1) is 4.90 Å². The van der Waals surface area contributed by atoms with Crippen LogP contribution in [0.3, 0.4) is 0 Å². The number of anilines is 1. The van der Waals surface area contributed by atoms with Gasteiger partial charge in [0.1, 0.15) is 24.3 Å². The first kappa shape index (κ1) is 23.3. The second kappa shape index (κ2) is 9.98. The first-order chi connectivity index (χ1) is 16.3. The van der Waals surface area contributed by atoms with E-state index in [1.54, 1.807) is 18.2 Å². The number of aliphatic hydroxyl groups excluding tert-OH is 1. The van der Waals surface area contributed by atoms with E-state index >= 15 is 0 Å². The maximum absolute atomic E-state index is 13.0. The molecule has 0 spiro atoms. The van der Waals surface area contributed by atoms with Crippen molar-refractivity contribution in [2.45, 2.75) is 11.0 Å². The van der Waals surface area contributed by atoms with E-state index in [4.69, 9.17) is 14.2 Å². The summed E-state index contributed by atoms with van der Waals surface area (Å²) >= 11 is 0. The SMILES string of the molecule is O=C(NCC(O)COc1ccc2c(c1)OCO2)c1ccc(S(=O)(=O)Nc2ccc(F)cc2)cc1. The highest BCUT2D eigenvalue weighted by atomic mass is 32.2. The average molecular weight is 488 g/mol. The third-order valence-corrected chi connectivity index (χ3v) is 6.21. The fraction of sp³-hybridized carbons (Fsp3) is 0.174. The van der Waals surface area contributed by atoms with Gasteiger partial charge in [-0.25, -0.2) is 12.8 Å². The van der Waals surface area contributed by atoms with Crippen LogP contribution in [0.25, 0.3) is 0 Å². The number of hydrogen-bond acceptors (Lipinski definition) is 7. The number of amides is 1. The molecule has 34 heavy (non-hydrogen) atoms. The maximum Gasteiger partial charge on any atom is 0.261 e. The zero-order valence-electron chi connectivity index (χ0n) is 17.7. The number of benzene rings is 3.